The quantitative estimate of drug-likeness (QED) is 0.144. The van der Waals surface area contributed by atoms with Gasteiger partial charge in [0.1, 0.15) is 0 Å². The van der Waals surface area contributed by atoms with Gasteiger partial charge in [-0.15, -0.1) is 0 Å². The SMILES string of the molecule is Ic1ccc2c(c1)c1cc(I)ccc1n2CCOCCC/C=C/c1ccc2c(c1)CC2. The maximum atomic E-state index is 5.99. The van der Waals surface area contributed by atoms with Crippen molar-refractivity contribution in [1.29, 1.82) is 0 Å². The summed E-state index contributed by atoms with van der Waals surface area (Å²) >= 11 is 4.79. The number of hydrogen-bond donors (Lipinski definition) is 0. The molecule has 0 fully saturated rings. The first kappa shape index (κ1) is 21.5. The van der Waals surface area contributed by atoms with Gasteiger partial charge in [0, 0.05) is 42.1 Å². The summed E-state index contributed by atoms with van der Waals surface area (Å²) in [7, 11) is 0. The molecule has 1 aliphatic carbocycles. The van der Waals surface area contributed by atoms with Crippen molar-refractivity contribution >= 4 is 73.1 Å². The van der Waals surface area contributed by atoms with Gasteiger partial charge in [-0.3, -0.25) is 0 Å². The molecule has 0 N–H and O–H groups in total. The fourth-order valence-electron chi connectivity index (χ4n) is 4.39. The van der Waals surface area contributed by atoms with E-state index in [9.17, 15) is 0 Å². The number of nitrogens with zero attached hydrogens (tertiary/aromatic N) is 1. The van der Waals surface area contributed by atoms with Crippen LogP contribution in [0, 0.1) is 7.14 Å². The summed E-state index contributed by atoms with van der Waals surface area (Å²) in [6.07, 6.45) is 9.15. The van der Waals surface area contributed by atoms with Crippen LogP contribution < -0.4 is 0 Å². The molecule has 0 atom stereocenters. The first-order valence-electron chi connectivity index (χ1n) is 10.9. The zero-order chi connectivity index (χ0) is 21.2. The highest BCUT2D eigenvalue weighted by Gasteiger charge is 2.12. The van der Waals surface area contributed by atoms with Crippen LogP contribution in [0.25, 0.3) is 27.9 Å². The molecule has 1 heterocycles. The maximum Gasteiger partial charge on any atom is 0.0645 e. The van der Waals surface area contributed by atoms with Crippen molar-refractivity contribution in [2.75, 3.05) is 13.2 Å². The summed E-state index contributed by atoms with van der Waals surface area (Å²) in [5.41, 5.74) is 6.97. The molecule has 0 aliphatic heterocycles. The minimum Gasteiger partial charge on any atom is -0.380 e. The van der Waals surface area contributed by atoms with Gasteiger partial charge >= 0.3 is 0 Å². The van der Waals surface area contributed by atoms with Gasteiger partial charge < -0.3 is 9.30 Å². The minimum absolute atomic E-state index is 0.741. The molecular formula is C27H25I2NO. The van der Waals surface area contributed by atoms with E-state index in [1.54, 1.807) is 0 Å². The number of halogens is 2. The highest BCUT2D eigenvalue weighted by Crippen LogP contribution is 2.31. The molecule has 2 nitrogen and oxygen atoms in total. The van der Waals surface area contributed by atoms with E-state index < -0.39 is 0 Å². The first-order chi connectivity index (χ1) is 15.2. The first-order valence-corrected chi connectivity index (χ1v) is 13.1. The molecule has 158 valence electrons. The number of aromatic nitrogens is 1. The highest BCUT2D eigenvalue weighted by molar-refractivity contribution is 14.1. The van der Waals surface area contributed by atoms with Gasteiger partial charge in [-0.05, 0) is 124 Å². The summed E-state index contributed by atoms with van der Waals surface area (Å²) in [5, 5.41) is 2.67. The number of aryl methyl sites for hydroxylation is 2. The van der Waals surface area contributed by atoms with Crippen LogP contribution in [0.1, 0.15) is 29.5 Å². The lowest BCUT2D eigenvalue weighted by atomic mass is 9.87. The van der Waals surface area contributed by atoms with Gasteiger partial charge in [0.15, 0.2) is 0 Å². The molecule has 5 rings (SSSR count). The molecule has 0 unspecified atom stereocenters. The van der Waals surface area contributed by atoms with Crippen LogP contribution >= 0.6 is 45.2 Å². The number of hydrogen-bond acceptors (Lipinski definition) is 1. The van der Waals surface area contributed by atoms with Gasteiger partial charge in [0.25, 0.3) is 0 Å². The molecule has 0 bridgehead atoms. The van der Waals surface area contributed by atoms with Crippen molar-refractivity contribution in [3.8, 4) is 0 Å². The van der Waals surface area contributed by atoms with Crippen molar-refractivity contribution in [2.24, 2.45) is 0 Å². The summed E-state index contributed by atoms with van der Waals surface area (Å²) in [4.78, 5) is 0. The number of unbranched alkanes of at least 4 members (excludes halogenated alkanes) is 1. The Hall–Kier alpha value is -1.38. The normalized spacial score (nSPS) is 13.2. The molecular weight excluding hydrogens is 608 g/mol. The minimum atomic E-state index is 0.741. The van der Waals surface area contributed by atoms with E-state index in [1.165, 1.54) is 58.5 Å². The number of rotatable bonds is 8. The molecule has 0 saturated heterocycles. The van der Waals surface area contributed by atoms with Gasteiger partial charge in [0.05, 0.1) is 6.61 Å². The lowest BCUT2D eigenvalue weighted by molar-refractivity contribution is 0.126. The van der Waals surface area contributed by atoms with Crippen LogP contribution in [0.2, 0.25) is 0 Å². The van der Waals surface area contributed by atoms with Crippen LogP contribution in [-0.4, -0.2) is 17.8 Å². The molecule has 4 heteroatoms. The molecule has 31 heavy (non-hydrogen) atoms. The van der Waals surface area contributed by atoms with E-state index in [4.69, 9.17) is 4.74 Å². The number of ether oxygens (including phenoxy) is 1. The standard InChI is InChI=1S/C27H25I2NO/c28-22-9-11-26-24(17-22)25-18-23(29)10-12-27(25)30(26)13-15-31-14-3-1-2-4-19-5-6-20-7-8-21(20)16-19/h2,4-6,9-12,16-18H,1,3,7-8,13-15H2/b4-2+. The summed E-state index contributed by atoms with van der Waals surface area (Å²) < 4.78 is 10.9. The van der Waals surface area contributed by atoms with Crippen molar-refractivity contribution < 1.29 is 4.74 Å². The molecule has 1 aliphatic rings. The van der Waals surface area contributed by atoms with Crippen LogP contribution in [0.3, 0.4) is 0 Å². The summed E-state index contributed by atoms with van der Waals surface area (Å²) in [6, 6.07) is 20.3. The van der Waals surface area contributed by atoms with Crippen LogP contribution in [0.5, 0.6) is 0 Å². The monoisotopic (exact) mass is 633 g/mol. The zero-order valence-corrected chi connectivity index (χ0v) is 21.7. The van der Waals surface area contributed by atoms with Crippen molar-refractivity contribution in [2.45, 2.75) is 32.2 Å². The number of fused-ring (bicyclic) bond motifs is 4. The molecule has 0 saturated carbocycles. The molecule has 0 amide bonds. The second kappa shape index (κ2) is 9.63. The van der Waals surface area contributed by atoms with Gasteiger partial charge in [-0.1, -0.05) is 30.4 Å². The highest BCUT2D eigenvalue weighted by atomic mass is 127. The topological polar surface area (TPSA) is 14.2 Å². The van der Waals surface area contributed by atoms with Crippen LogP contribution in [-0.2, 0) is 24.1 Å². The molecule has 0 spiro atoms. The van der Waals surface area contributed by atoms with E-state index >= 15 is 0 Å². The van der Waals surface area contributed by atoms with Gasteiger partial charge in [-0.25, -0.2) is 0 Å². The summed E-state index contributed by atoms with van der Waals surface area (Å²) in [6.45, 7) is 2.43. The average molecular weight is 633 g/mol. The van der Waals surface area contributed by atoms with E-state index in [-0.39, 0.29) is 0 Å². The fraction of sp³-hybridized carbons (Fsp3) is 0.259. The van der Waals surface area contributed by atoms with Gasteiger partial charge in [0.2, 0.25) is 0 Å². The second-order valence-electron chi connectivity index (χ2n) is 8.16. The molecule has 0 radical (unpaired) electrons. The molecule has 1 aromatic heterocycles. The third kappa shape index (κ3) is 4.71. The molecule has 4 aromatic rings. The predicted molar refractivity (Wildman–Crippen MR) is 148 cm³/mol. The smallest absolute Gasteiger partial charge is 0.0645 e. The van der Waals surface area contributed by atoms with E-state index in [0.29, 0.717) is 0 Å². The third-order valence-electron chi connectivity index (χ3n) is 6.11. The Morgan fingerprint density at radius 2 is 1.52 bits per heavy atom. The predicted octanol–water partition coefficient (Wildman–Crippen LogP) is 7.61. The lowest BCUT2D eigenvalue weighted by Crippen LogP contribution is -2.07. The average Bonchev–Trinajstić information content (AvgIpc) is 3.04. The van der Waals surface area contributed by atoms with Crippen LogP contribution in [0.4, 0.5) is 0 Å². The van der Waals surface area contributed by atoms with Gasteiger partial charge in [-0.2, -0.15) is 0 Å². The number of benzene rings is 3. The zero-order valence-electron chi connectivity index (χ0n) is 17.4. The fourth-order valence-corrected chi connectivity index (χ4v) is 5.37. The van der Waals surface area contributed by atoms with E-state index in [2.05, 4.69) is 116 Å². The Morgan fingerprint density at radius 1 is 0.806 bits per heavy atom. The Morgan fingerprint density at radius 3 is 2.16 bits per heavy atom. The Bertz CT molecular complexity index is 1210. The van der Waals surface area contributed by atoms with E-state index in [0.717, 1.165) is 32.6 Å². The second-order valence-corrected chi connectivity index (χ2v) is 10.7. The van der Waals surface area contributed by atoms with Crippen LogP contribution in [0.15, 0.2) is 60.7 Å². The third-order valence-corrected chi connectivity index (χ3v) is 7.45. The summed E-state index contributed by atoms with van der Waals surface area (Å²) in [5.74, 6) is 0. The Kier molecular flexibility index (Phi) is 6.67. The lowest BCUT2D eigenvalue weighted by Gasteiger charge is -2.18. The van der Waals surface area contributed by atoms with Crippen molar-refractivity contribution in [3.05, 3.63) is 84.5 Å². The maximum absolute atomic E-state index is 5.99. The number of allylic oxidation sites excluding steroid dienone is 1. The van der Waals surface area contributed by atoms with Crippen molar-refractivity contribution in [1.82, 2.24) is 4.57 Å². The van der Waals surface area contributed by atoms with E-state index in [1.807, 2.05) is 0 Å². The molecule has 3 aromatic carbocycles. The largest absolute Gasteiger partial charge is 0.380 e. The Balaban J connectivity index is 1.15. The van der Waals surface area contributed by atoms with Crippen molar-refractivity contribution in [3.63, 3.8) is 0 Å². The Labute approximate surface area is 210 Å².